The number of rotatable bonds is 4. The van der Waals surface area contributed by atoms with Crippen molar-refractivity contribution < 1.29 is 4.79 Å². The largest absolute Gasteiger partial charge is 0.271 e. The highest BCUT2D eigenvalue weighted by atomic mass is 35.5. The van der Waals surface area contributed by atoms with Crippen molar-refractivity contribution in [3.05, 3.63) is 52.3 Å². The normalized spacial score (nSPS) is 10.9. The van der Waals surface area contributed by atoms with Crippen LogP contribution in [0, 0.1) is 6.92 Å². The van der Waals surface area contributed by atoms with Crippen molar-refractivity contribution >= 4 is 23.7 Å². The van der Waals surface area contributed by atoms with Crippen molar-refractivity contribution in [1.82, 2.24) is 15.2 Å². The molecular weight excluding hydrogens is 276 g/mol. The molecule has 6 heteroatoms. The van der Waals surface area contributed by atoms with E-state index in [1.807, 2.05) is 18.5 Å². The van der Waals surface area contributed by atoms with E-state index in [0.29, 0.717) is 10.6 Å². The fourth-order valence-electron chi connectivity index (χ4n) is 1.73. The number of aryl methyl sites for hydroxylation is 1. The lowest BCUT2D eigenvalue weighted by molar-refractivity contribution is 0.0955. The third kappa shape index (κ3) is 3.24. The Bertz CT molecular complexity index is 631. The van der Waals surface area contributed by atoms with Crippen molar-refractivity contribution in [2.45, 2.75) is 20.4 Å². The standard InChI is InChI=1S/C14H15ClN4O/c1-3-19-10(2)12(9-17-19)8-16-18-14(20)11-4-6-13(15)7-5-11/h4-9H,3H2,1-2H3,(H,18,20). The van der Waals surface area contributed by atoms with Crippen LogP contribution in [0.5, 0.6) is 0 Å². The van der Waals surface area contributed by atoms with Gasteiger partial charge in [-0.05, 0) is 38.1 Å². The Kier molecular flexibility index (Phi) is 4.53. The first kappa shape index (κ1) is 14.3. The zero-order valence-electron chi connectivity index (χ0n) is 11.3. The number of carbonyl (C=O) groups excluding carboxylic acids is 1. The Balaban J connectivity index is 2.00. The van der Waals surface area contributed by atoms with Gasteiger partial charge >= 0.3 is 0 Å². The third-order valence-electron chi connectivity index (χ3n) is 2.92. The second-order valence-corrected chi connectivity index (χ2v) is 4.64. The number of amides is 1. The van der Waals surface area contributed by atoms with Crippen LogP contribution in [0.1, 0.15) is 28.5 Å². The number of hydrazone groups is 1. The molecule has 1 aromatic heterocycles. The highest BCUT2D eigenvalue weighted by Crippen LogP contribution is 2.09. The van der Waals surface area contributed by atoms with Crippen molar-refractivity contribution in [2.24, 2.45) is 5.10 Å². The second-order valence-electron chi connectivity index (χ2n) is 4.21. The molecule has 0 unspecified atom stereocenters. The van der Waals surface area contributed by atoms with Gasteiger partial charge in [0.15, 0.2) is 0 Å². The highest BCUT2D eigenvalue weighted by Gasteiger charge is 2.04. The van der Waals surface area contributed by atoms with Crippen molar-refractivity contribution in [2.75, 3.05) is 0 Å². The molecule has 0 bridgehead atoms. The van der Waals surface area contributed by atoms with E-state index < -0.39 is 0 Å². The minimum Gasteiger partial charge on any atom is -0.269 e. The number of hydrogen-bond acceptors (Lipinski definition) is 3. The van der Waals surface area contributed by atoms with E-state index in [0.717, 1.165) is 17.8 Å². The summed E-state index contributed by atoms with van der Waals surface area (Å²) in [6.45, 7) is 4.78. The summed E-state index contributed by atoms with van der Waals surface area (Å²) in [5, 5.41) is 8.73. The van der Waals surface area contributed by atoms with Crippen LogP contribution in [0.2, 0.25) is 5.02 Å². The number of carbonyl (C=O) groups is 1. The fraction of sp³-hybridized carbons (Fsp3) is 0.214. The van der Waals surface area contributed by atoms with Gasteiger partial charge in [-0.25, -0.2) is 5.43 Å². The molecule has 0 saturated carbocycles. The van der Waals surface area contributed by atoms with Gasteiger partial charge < -0.3 is 0 Å². The van der Waals surface area contributed by atoms with E-state index in [-0.39, 0.29) is 5.91 Å². The summed E-state index contributed by atoms with van der Waals surface area (Å²) >= 11 is 5.76. The molecule has 20 heavy (non-hydrogen) atoms. The highest BCUT2D eigenvalue weighted by molar-refractivity contribution is 6.30. The SMILES string of the molecule is CCn1ncc(C=NNC(=O)c2ccc(Cl)cc2)c1C. The van der Waals surface area contributed by atoms with Crippen LogP contribution in [0.3, 0.4) is 0 Å². The van der Waals surface area contributed by atoms with Crippen LogP contribution in [0.4, 0.5) is 0 Å². The molecule has 0 fully saturated rings. The number of hydrogen-bond donors (Lipinski definition) is 1. The molecule has 2 rings (SSSR count). The van der Waals surface area contributed by atoms with E-state index in [1.165, 1.54) is 0 Å². The summed E-state index contributed by atoms with van der Waals surface area (Å²) in [5.41, 5.74) is 4.87. The Morgan fingerprint density at radius 1 is 1.45 bits per heavy atom. The smallest absolute Gasteiger partial charge is 0.269 e. The molecule has 0 radical (unpaired) electrons. The zero-order valence-corrected chi connectivity index (χ0v) is 12.1. The molecule has 0 aliphatic rings. The Hall–Kier alpha value is -2.14. The van der Waals surface area contributed by atoms with Gasteiger partial charge in [-0.1, -0.05) is 11.6 Å². The van der Waals surface area contributed by atoms with Crippen LogP contribution >= 0.6 is 11.6 Å². The molecule has 5 nitrogen and oxygen atoms in total. The maximum atomic E-state index is 11.8. The molecule has 0 spiro atoms. The zero-order chi connectivity index (χ0) is 14.5. The molecule has 0 aliphatic carbocycles. The summed E-state index contributed by atoms with van der Waals surface area (Å²) < 4.78 is 1.86. The summed E-state index contributed by atoms with van der Waals surface area (Å²) in [7, 11) is 0. The minimum atomic E-state index is -0.279. The van der Waals surface area contributed by atoms with Crippen LogP contribution in [-0.4, -0.2) is 21.9 Å². The molecule has 1 aromatic carbocycles. The second kappa shape index (κ2) is 6.34. The lowest BCUT2D eigenvalue weighted by atomic mass is 10.2. The van der Waals surface area contributed by atoms with E-state index in [1.54, 1.807) is 36.7 Å². The summed E-state index contributed by atoms with van der Waals surface area (Å²) in [4.78, 5) is 11.8. The van der Waals surface area contributed by atoms with Gasteiger partial charge in [-0.15, -0.1) is 0 Å². The number of aromatic nitrogens is 2. The molecule has 1 amide bonds. The fourth-order valence-corrected chi connectivity index (χ4v) is 1.86. The predicted molar refractivity (Wildman–Crippen MR) is 79.2 cm³/mol. The number of halogens is 1. The first-order valence-electron chi connectivity index (χ1n) is 6.23. The van der Waals surface area contributed by atoms with Gasteiger partial charge in [0, 0.05) is 28.4 Å². The first-order valence-corrected chi connectivity index (χ1v) is 6.61. The van der Waals surface area contributed by atoms with Crippen LogP contribution in [0.25, 0.3) is 0 Å². The summed E-state index contributed by atoms with van der Waals surface area (Å²) in [5.74, 6) is -0.279. The Labute approximate surface area is 122 Å². The van der Waals surface area contributed by atoms with E-state index in [9.17, 15) is 4.79 Å². The van der Waals surface area contributed by atoms with Gasteiger partial charge in [-0.2, -0.15) is 10.2 Å². The lowest BCUT2D eigenvalue weighted by Crippen LogP contribution is -2.17. The van der Waals surface area contributed by atoms with Gasteiger partial charge in [0.1, 0.15) is 0 Å². The average Bonchev–Trinajstić information content (AvgIpc) is 2.80. The molecule has 2 aromatic rings. The van der Waals surface area contributed by atoms with Crippen molar-refractivity contribution in [1.29, 1.82) is 0 Å². The minimum absolute atomic E-state index is 0.279. The Morgan fingerprint density at radius 3 is 2.75 bits per heavy atom. The van der Waals surface area contributed by atoms with Crippen LogP contribution < -0.4 is 5.43 Å². The van der Waals surface area contributed by atoms with Gasteiger partial charge in [0.25, 0.3) is 5.91 Å². The molecule has 1 heterocycles. The number of nitrogens with zero attached hydrogens (tertiary/aromatic N) is 3. The van der Waals surface area contributed by atoms with Crippen LogP contribution in [-0.2, 0) is 6.54 Å². The Morgan fingerprint density at radius 2 is 2.15 bits per heavy atom. The molecular formula is C14H15ClN4O. The first-order chi connectivity index (χ1) is 9.61. The summed E-state index contributed by atoms with van der Waals surface area (Å²) in [6, 6.07) is 6.62. The molecule has 1 N–H and O–H groups in total. The van der Waals surface area contributed by atoms with Crippen LogP contribution in [0.15, 0.2) is 35.6 Å². The molecule has 0 aliphatic heterocycles. The van der Waals surface area contributed by atoms with E-state index in [4.69, 9.17) is 11.6 Å². The van der Waals surface area contributed by atoms with E-state index in [2.05, 4.69) is 15.6 Å². The van der Waals surface area contributed by atoms with Crippen molar-refractivity contribution in [3.63, 3.8) is 0 Å². The van der Waals surface area contributed by atoms with Gasteiger partial charge in [0.2, 0.25) is 0 Å². The predicted octanol–water partition coefficient (Wildman–Crippen LogP) is 2.63. The monoisotopic (exact) mass is 290 g/mol. The maximum absolute atomic E-state index is 11.8. The number of benzene rings is 1. The molecule has 0 atom stereocenters. The van der Waals surface area contributed by atoms with Gasteiger partial charge in [-0.3, -0.25) is 9.48 Å². The van der Waals surface area contributed by atoms with Gasteiger partial charge in [0.05, 0.1) is 12.4 Å². The number of nitrogens with one attached hydrogen (secondary N) is 1. The lowest BCUT2D eigenvalue weighted by Gasteiger charge is -2.00. The van der Waals surface area contributed by atoms with Crippen molar-refractivity contribution in [3.8, 4) is 0 Å². The third-order valence-corrected chi connectivity index (χ3v) is 3.17. The molecule has 0 saturated heterocycles. The quantitative estimate of drug-likeness (QED) is 0.695. The van der Waals surface area contributed by atoms with E-state index >= 15 is 0 Å². The maximum Gasteiger partial charge on any atom is 0.271 e. The average molecular weight is 291 g/mol. The summed E-state index contributed by atoms with van der Waals surface area (Å²) in [6.07, 6.45) is 3.30. The topological polar surface area (TPSA) is 59.3 Å². The molecule has 104 valence electrons.